The summed E-state index contributed by atoms with van der Waals surface area (Å²) in [5.41, 5.74) is 9.16. The molecule has 0 aromatic carbocycles. The van der Waals surface area contributed by atoms with Crippen molar-refractivity contribution in [1.82, 2.24) is 20.0 Å². The lowest BCUT2D eigenvalue weighted by molar-refractivity contribution is 0.650. The van der Waals surface area contributed by atoms with Gasteiger partial charge in [-0.1, -0.05) is 18.3 Å². The van der Waals surface area contributed by atoms with E-state index in [0.717, 1.165) is 17.1 Å². The number of aryl methyl sites for hydroxylation is 1. The Bertz CT molecular complexity index is 499. The summed E-state index contributed by atoms with van der Waals surface area (Å²) in [6.07, 6.45) is 1.01. The number of rotatable bonds is 3. The Hall–Kier alpha value is -1.43. The summed E-state index contributed by atoms with van der Waals surface area (Å²) in [5.74, 6) is 0. The van der Waals surface area contributed by atoms with Crippen molar-refractivity contribution in [3.63, 3.8) is 0 Å². The van der Waals surface area contributed by atoms with Gasteiger partial charge in [-0.3, -0.25) is 4.68 Å². The Labute approximate surface area is 98.3 Å². The standard InChI is InChI=1S/C10H15N5S/c1-4-8-6(2)14-15(7(8)3)5-9-12-13-10(11)16-9/h4-5H2,1-3H3,(H2,11,13). The molecule has 0 fully saturated rings. The fourth-order valence-electron chi connectivity index (χ4n) is 1.86. The first kappa shape index (κ1) is 11.1. The highest BCUT2D eigenvalue weighted by molar-refractivity contribution is 7.15. The average Bonchev–Trinajstić information content (AvgIpc) is 2.74. The summed E-state index contributed by atoms with van der Waals surface area (Å²) >= 11 is 1.41. The Morgan fingerprint density at radius 3 is 2.56 bits per heavy atom. The Balaban J connectivity index is 2.28. The molecule has 86 valence electrons. The van der Waals surface area contributed by atoms with Crippen LogP contribution in [0.4, 0.5) is 5.13 Å². The third-order valence-corrected chi connectivity index (χ3v) is 3.39. The van der Waals surface area contributed by atoms with Crippen LogP contribution in [0.5, 0.6) is 0 Å². The Morgan fingerprint density at radius 1 is 1.31 bits per heavy atom. The summed E-state index contributed by atoms with van der Waals surface area (Å²) in [6.45, 7) is 6.92. The van der Waals surface area contributed by atoms with Crippen molar-refractivity contribution in [3.8, 4) is 0 Å². The molecule has 0 saturated heterocycles. The molecule has 2 rings (SSSR count). The number of nitrogens with zero attached hydrogens (tertiary/aromatic N) is 4. The monoisotopic (exact) mass is 237 g/mol. The van der Waals surface area contributed by atoms with Crippen molar-refractivity contribution in [2.75, 3.05) is 5.73 Å². The summed E-state index contributed by atoms with van der Waals surface area (Å²) in [7, 11) is 0. The van der Waals surface area contributed by atoms with Gasteiger partial charge in [-0.25, -0.2) is 0 Å². The number of anilines is 1. The lowest BCUT2D eigenvalue weighted by Gasteiger charge is -2.01. The second-order valence-electron chi connectivity index (χ2n) is 3.69. The lowest BCUT2D eigenvalue weighted by atomic mass is 10.1. The summed E-state index contributed by atoms with van der Waals surface area (Å²) < 4.78 is 1.97. The molecule has 0 amide bonds. The van der Waals surface area contributed by atoms with Crippen LogP contribution in [0.3, 0.4) is 0 Å². The summed E-state index contributed by atoms with van der Waals surface area (Å²) in [6, 6.07) is 0. The fourth-order valence-corrected chi connectivity index (χ4v) is 2.45. The van der Waals surface area contributed by atoms with Crippen LogP contribution in [0.2, 0.25) is 0 Å². The highest BCUT2D eigenvalue weighted by Crippen LogP contribution is 2.17. The minimum absolute atomic E-state index is 0.507. The maximum atomic E-state index is 5.55. The molecule has 2 aromatic rings. The second-order valence-corrected chi connectivity index (χ2v) is 4.79. The summed E-state index contributed by atoms with van der Waals surface area (Å²) in [4.78, 5) is 0. The maximum absolute atomic E-state index is 5.55. The van der Waals surface area contributed by atoms with Crippen LogP contribution in [0.25, 0.3) is 0 Å². The third kappa shape index (κ3) is 1.92. The van der Waals surface area contributed by atoms with Gasteiger partial charge in [0.1, 0.15) is 5.01 Å². The molecule has 2 N–H and O–H groups in total. The molecule has 0 unspecified atom stereocenters. The van der Waals surface area contributed by atoms with E-state index in [1.807, 2.05) is 11.6 Å². The fraction of sp³-hybridized carbons (Fsp3) is 0.500. The molecule has 0 saturated carbocycles. The summed E-state index contributed by atoms with van der Waals surface area (Å²) in [5, 5.41) is 13.7. The van der Waals surface area contributed by atoms with Crippen LogP contribution < -0.4 is 5.73 Å². The van der Waals surface area contributed by atoms with Gasteiger partial charge in [0.15, 0.2) is 0 Å². The van der Waals surface area contributed by atoms with Crippen molar-refractivity contribution in [3.05, 3.63) is 22.0 Å². The van der Waals surface area contributed by atoms with E-state index in [1.165, 1.54) is 22.6 Å². The van der Waals surface area contributed by atoms with Crippen LogP contribution in [0, 0.1) is 13.8 Å². The van der Waals surface area contributed by atoms with E-state index in [9.17, 15) is 0 Å². The predicted molar refractivity (Wildman–Crippen MR) is 64.5 cm³/mol. The van der Waals surface area contributed by atoms with E-state index in [2.05, 4.69) is 29.1 Å². The highest BCUT2D eigenvalue weighted by atomic mass is 32.1. The van der Waals surface area contributed by atoms with Gasteiger partial charge >= 0.3 is 0 Å². The SMILES string of the molecule is CCc1c(C)nn(Cc2nnc(N)s2)c1C. The van der Waals surface area contributed by atoms with Gasteiger partial charge in [0.2, 0.25) is 5.13 Å². The molecular formula is C10H15N5S. The first-order valence-corrected chi connectivity index (χ1v) is 6.04. The van der Waals surface area contributed by atoms with E-state index in [0.29, 0.717) is 11.7 Å². The molecule has 2 aromatic heterocycles. The van der Waals surface area contributed by atoms with Crippen LogP contribution in [-0.2, 0) is 13.0 Å². The lowest BCUT2D eigenvalue weighted by Crippen LogP contribution is -2.04. The van der Waals surface area contributed by atoms with Crippen molar-refractivity contribution < 1.29 is 0 Å². The number of hydrogen-bond acceptors (Lipinski definition) is 5. The van der Waals surface area contributed by atoms with Gasteiger partial charge in [0.25, 0.3) is 0 Å². The molecule has 5 nitrogen and oxygen atoms in total. The molecular weight excluding hydrogens is 222 g/mol. The molecule has 0 aliphatic heterocycles. The zero-order valence-electron chi connectivity index (χ0n) is 9.69. The van der Waals surface area contributed by atoms with E-state index < -0.39 is 0 Å². The number of nitrogens with two attached hydrogens (primary N) is 1. The van der Waals surface area contributed by atoms with Crippen LogP contribution in [0.1, 0.15) is 28.9 Å². The topological polar surface area (TPSA) is 69.6 Å². The minimum Gasteiger partial charge on any atom is -0.374 e. The third-order valence-electron chi connectivity index (χ3n) is 2.65. The quantitative estimate of drug-likeness (QED) is 0.879. The highest BCUT2D eigenvalue weighted by Gasteiger charge is 2.11. The maximum Gasteiger partial charge on any atom is 0.203 e. The zero-order chi connectivity index (χ0) is 11.7. The zero-order valence-corrected chi connectivity index (χ0v) is 10.5. The molecule has 0 atom stereocenters. The van der Waals surface area contributed by atoms with Crippen LogP contribution >= 0.6 is 11.3 Å². The van der Waals surface area contributed by atoms with E-state index >= 15 is 0 Å². The Kier molecular flexibility index (Phi) is 2.91. The predicted octanol–water partition coefficient (Wildman–Crippen LogP) is 1.54. The van der Waals surface area contributed by atoms with Gasteiger partial charge in [-0.15, -0.1) is 10.2 Å². The second kappa shape index (κ2) is 4.21. The molecule has 16 heavy (non-hydrogen) atoms. The number of nitrogen functional groups attached to an aromatic ring is 1. The van der Waals surface area contributed by atoms with E-state index in [-0.39, 0.29) is 0 Å². The van der Waals surface area contributed by atoms with E-state index in [1.54, 1.807) is 0 Å². The normalized spacial score (nSPS) is 10.9. The molecule has 0 aliphatic rings. The van der Waals surface area contributed by atoms with Gasteiger partial charge in [0, 0.05) is 5.69 Å². The van der Waals surface area contributed by atoms with Crippen molar-refractivity contribution in [2.24, 2.45) is 0 Å². The van der Waals surface area contributed by atoms with Crippen molar-refractivity contribution in [1.29, 1.82) is 0 Å². The van der Waals surface area contributed by atoms with Crippen molar-refractivity contribution in [2.45, 2.75) is 33.7 Å². The largest absolute Gasteiger partial charge is 0.374 e. The number of aromatic nitrogens is 4. The van der Waals surface area contributed by atoms with Crippen LogP contribution in [-0.4, -0.2) is 20.0 Å². The van der Waals surface area contributed by atoms with Gasteiger partial charge < -0.3 is 5.73 Å². The average molecular weight is 237 g/mol. The molecule has 0 radical (unpaired) electrons. The first-order chi connectivity index (χ1) is 7.61. The van der Waals surface area contributed by atoms with E-state index in [4.69, 9.17) is 5.73 Å². The number of hydrogen-bond donors (Lipinski definition) is 1. The van der Waals surface area contributed by atoms with Crippen molar-refractivity contribution >= 4 is 16.5 Å². The first-order valence-electron chi connectivity index (χ1n) is 5.22. The molecule has 2 heterocycles. The van der Waals surface area contributed by atoms with Crippen LogP contribution in [0.15, 0.2) is 0 Å². The van der Waals surface area contributed by atoms with Gasteiger partial charge in [0.05, 0.1) is 12.2 Å². The van der Waals surface area contributed by atoms with Gasteiger partial charge in [-0.05, 0) is 25.8 Å². The smallest absolute Gasteiger partial charge is 0.203 e. The molecule has 0 bridgehead atoms. The molecule has 0 spiro atoms. The Morgan fingerprint density at radius 2 is 2.06 bits per heavy atom. The van der Waals surface area contributed by atoms with Gasteiger partial charge in [-0.2, -0.15) is 5.10 Å². The minimum atomic E-state index is 0.507. The molecule has 0 aliphatic carbocycles. The molecule has 6 heteroatoms.